The molecule has 0 amide bonds. The second kappa shape index (κ2) is 10.2. The van der Waals surface area contributed by atoms with Crippen LogP contribution in [0.3, 0.4) is 0 Å². The van der Waals surface area contributed by atoms with Crippen molar-refractivity contribution in [3.63, 3.8) is 0 Å². The van der Waals surface area contributed by atoms with Crippen LogP contribution >= 0.6 is 0 Å². The summed E-state index contributed by atoms with van der Waals surface area (Å²) in [5.41, 5.74) is -0.395. The monoisotopic (exact) mass is 537 g/mol. The van der Waals surface area contributed by atoms with Gasteiger partial charge in [-0.25, -0.2) is 13.6 Å². The Labute approximate surface area is 219 Å². The van der Waals surface area contributed by atoms with Gasteiger partial charge in [0.1, 0.15) is 18.1 Å². The highest BCUT2D eigenvalue weighted by Crippen LogP contribution is 2.48. The lowest BCUT2D eigenvalue weighted by Gasteiger charge is -2.15. The Morgan fingerprint density at radius 3 is 2.21 bits per heavy atom. The SMILES string of the molecule is COC(=O)c1ccc(-c2c(C(F)(F)F)n(-c3ccc(F)c(F)c3)c3cccc(OCc4ccccc4)c23)cc1. The molecule has 0 aliphatic carbocycles. The maximum absolute atomic E-state index is 14.8. The van der Waals surface area contributed by atoms with Crippen LogP contribution in [-0.2, 0) is 17.5 Å². The molecule has 0 bridgehead atoms. The fraction of sp³-hybridized carbons (Fsp3) is 0.100. The molecule has 0 radical (unpaired) electrons. The standard InChI is InChI=1S/C30H20F5NO3/c1-38-29(37)20-12-10-19(11-13-20)26-27-24(8-5-9-25(27)39-17-18-6-3-2-4-7-18)36(28(26)30(33,34)35)21-14-15-22(31)23(32)16-21/h2-16H,17H2,1H3. The molecule has 0 N–H and O–H groups in total. The van der Waals surface area contributed by atoms with Crippen LogP contribution in [0.15, 0.2) is 91.0 Å². The summed E-state index contributed by atoms with van der Waals surface area (Å²) in [6.45, 7) is 0.0817. The molecule has 1 aromatic heterocycles. The maximum atomic E-state index is 14.8. The Balaban J connectivity index is 1.81. The van der Waals surface area contributed by atoms with Gasteiger partial charge >= 0.3 is 12.1 Å². The minimum absolute atomic E-state index is 0.0749. The highest BCUT2D eigenvalue weighted by Gasteiger charge is 2.41. The first-order valence-electron chi connectivity index (χ1n) is 11.7. The fourth-order valence-corrected chi connectivity index (χ4v) is 4.50. The average Bonchev–Trinajstić information content (AvgIpc) is 3.30. The van der Waals surface area contributed by atoms with E-state index in [-0.39, 0.29) is 45.6 Å². The number of alkyl halides is 3. The number of fused-ring (bicyclic) bond motifs is 1. The first kappa shape index (κ1) is 26.0. The number of carbonyl (C=O) groups excluding carboxylic acids is 1. The number of hydrogen-bond donors (Lipinski definition) is 0. The van der Waals surface area contributed by atoms with E-state index in [1.165, 1.54) is 43.5 Å². The summed E-state index contributed by atoms with van der Waals surface area (Å²) in [4.78, 5) is 11.9. The third-order valence-electron chi connectivity index (χ3n) is 6.22. The molecule has 0 spiro atoms. The smallest absolute Gasteiger partial charge is 0.432 e. The predicted octanol–water partition coefficient (Wildman–Crippen LogP) is 7.96. The highest BCUT2D eigenvalue weighted by atomic mass is 19.4. The summed E-state index contributed by atoms with van der Waals surface area (Å²) in [6.07, 6.45) is -4.92. The lowest BCUT2D eigenvalue weighted by Crippen LogP contribution is -2.14. The zero-order valence-corrected chi connectivity index (χ0v) is 20.4. The Hall–Kier alpha value is -4.66. The van der Waals surface area contributed by atoms with Gasteiger partial charge in [-0.1, -0.05) is 48.5 Å². The molecule has 9 heteroatoms. The van der Waals surface area contributed by atoms with Crippen molar-refractivity contribution in [2.75, 3.05) is 7.11 Å². The molecule has 5 aromatic rings. The highest BCUT2D eigenvalue weighted by molar-refractivity contribution is 6.04. The molecular weight excluding hydrogens is 517 g/mol. The van der Waals surface area contributed by atoms with Gasteiger partial charge in [-0.05, 0) is 47.5 Å². The number of halogens is 5. The van der Waals surface area contributed by atoms with E-state index in [2.05, 4.69) is 0 Å². The second-order valence-corrected chi connectivity index (χ2v) is 8.65. The zero-order chi connectivity index (χ0) is 27.7. The summed E-state index contributed by atoms with van der Waals surface area (Å²) >= 11 is 0. The summed E-state index contributed by atoms with van der Waals surface area (Å²) in [6, 6.07) is 21.7. The average molecular weight is 537 g/mol. The van der Waals surface area contributed by atoms with E-state index in [9.17, 15) is 26.7 Å². The number of aromatic nitrogens is 1. The molecule has 4 aromatic carbocycles. The number of rotatable bonds is 6. The minimum atomic E-state index is -4.92. The van der Waals surface area contributed by atoms with Crippen LogP contribution in [0.4, 0.5) is 22.0 Å². The van der Waals surface area contributed by atoms with E-state index in [0.717, 1.165) is 22.3 Å². The largest absolute Gasteiger partial charge is 0.488 e. The predicted molar refractivity (Wildman–Crippen MR) is 136 cm³/mol. The number of nitrogens with zero attached hydrogens (tertiary/aromatic N) is 1. The van der Waals surface area contributed by atoms with Crippen LogP contribution in [0.2, 0.25) is 0 Å². The molecule has 0 aliphatic rings. The van der Waals surface area contributed by atoms with Gasteiger partial charge in [0.25, 0.3) is 0 Å². The number of methoxy groups -OCH3 is 1. The Kier molecular flexibility index (Phi) is 6.82. The summed E-state index contributed by atoms with van der Waals surface area (Å²) in [5, 5.41) is 0.122. The molecule has 39 heavy (non-hydrogen) atoms. The molecule has 0 saturated heterocycles. The molecule has 0 saturated carbocycles. The van der Waals surface area contributed by atoms with Gasteiger partial charge in [-0.3, -0.25) is 0 Å². The van der Waals surface area contributed by atoms with Crippen LogP contribution in [0.1, 0.15) is 21.6 Å². The summed E-state index contributed by atoms with van der Waals surface area (Å²) in [5.74, 6) is -2.96. The van der Waals surface area contributed by atoms with Crippen molar-refractivity contribution in [2.24, 2.45) is 0 Å². The van der Waals surface area contributed by atoms with Crippen LogP contribution in [0.25, 0.3) is 27.7 Å². The molecule has 0 unspecified atom stereocenters. The normalized spacial score (nSPS) is 11.5. The van der Waals surface area contributed by atoms with Gasteiger partial charge in [-0.15, -0.1) is 0 Å². The Morgan fingerprint density at radius 1 is 0.846 bits per heavy atom. The van der Waals surface area contributed by atoms with Crippen molar-refractivity contribution in [1.29, 1.82) is 0 Å². The van der Waals surface area contributed by atoms with Crippen molar-refractivity contribution >= 4 is 16.9 Å². The van der Waals surface area contributed by atoms with Crippen molar-refractivity contribution in [3.8, 4) is 22.6 Å². The number of ether oxygens (including phenoxy) is 2. The first-order chi connectivity index (χ1) is 18.7. The van der Waals surface area contributed by atoms with Gasteiger partial charge < -0.3 is 14.0 Å². The summed E-state index contributed by atoms with van der Waals surface area (Å²) in [7, 11) is 1.20. The second-order valence-electron chi connectivity index (χ2n) is 8.65. The molecule has 4 nitrogen and oxygen atoms in total. The Morgan fingerprint density at radius 2 is 1.56 bits per heavy atom. The summed E-state index contributed by atoms with van der Waals surface area (Å²) < 4.78 is 84.0. The quantitative estimate of drug-likeness (QED) is 0.163. The first-order valence-corrected chi connectivity index (χ1v) is 11.7. The van der Waals surface area contributed by atoms with Gasteiger partial charge in [0.05, 0.1) is 23.6 Å². The maximum Gasteiger partial charge on any atom is 0.432 e. The van der Waals surface area contributed by atoms with Gasteiger partial charge in [0.2, 0.25) is 0 Å². The number of carbonyl (C=O) groups is 1. The molecule has 1 heterocycles. The van der Waals surface area contributed by atoms with Crippen molar-refractivity contribution in [2.45, 2.75) is 12.8 Å². The molecule has 5 rings (SSSR count). The van der Waals surface area contributed by atoms with E-state index in [1.807, 2.05) is 30.3 Å². The van der Waals surface area contributed by atoms with Gasteiger partial charge in [0, 0.05) is 17.3 Å². The minimum Gasteiger partial charge on any atom is -0.488 e. The van der Waals surface area contributed by atoms with E-state index < -0.39 is 29.5 Å². The van der Waals surface area contributed by atoms with Crippen LogP contribution < -0.4 is 4.74 Å². The van der Waals surface area contributed by atoms with Crippen LogP contribution in [0.5, 0.6) is 5.75 Å². The number of benzene rings is 4. The van der Waals surface area contributed by atoms with E-state index >= 15 is 0 Å². The molecule has 0 atom stereocenters. The van der Waals surface area contributed by atoms with Gasteiger partial charge in [-0.2, -0.15) is 13.2 Å². The number of esters is 1. The van der Waals surface area contributed by atoms with E-state index in [4.69, 9.17) is 9.47 Å². The molecule has 198 valence electrons. The van der Waals surface area contributed by atoms with E-state index in [0.29, 0.717) is 6.07 Å². The van der Waals surface area contributed by atoms with Crippen molar-refractivity contribution < 1.29 is 36.2 Å². The third-order valence-corrected chi connectivity index (χ3v) is 6.22. The zero-order valence-electron chi connectivity index (χ0n) is 20.4. The fourth-order valence-electron chi connectivity index (χ4n) is 4.50. The van der Waals surface area contributed by atoms with Crippen LogP contribution in [0, 0.1) is 11.6 Å². The lowest BCUT2D eigenvalue weighted by atomic mass is 9.99. The number of hydrogen-bond acceptors (Lipinski definition) is 3. The van der Waals surface area contributed by atoms with E-state index in [1.54, 1.807) is 6.07 Å². The van der Waals surface area contributed by atoms with Crippen molar-refractivity contribution in [3.05, 3.63) is 119 Å². The molecular formula is C30H20F5NO3. The van der Waals surface area contributed by atoms with Crippen molar-refractivity contribution in [1.82, 2.24) is 4.57 Å². The molecule has 0 fully saturated rings. The topological polar surface area (TPSA) is 40.5 Å². The van der Waals surface area contributed by atoms with Gasteiger partial charge in [0.15, 0.2) is 11.6 Å². The lowest BCUT2D eigenvalue weighted by molar-refractivity contribution is -0.141. The van der Waals surface area contributed by atoms with Crippen LogP contribution in [-0.4, -0.2) is 17.6 Å². The Bertz CT molecular complexity index is 1660. The molecule has 0 aliphatic heterocycles. The third kappa shape index (κ3) is 4.95.